The van der Waals surface area contributed by atoms with Crippen LogP contribution in [0.5, 0.6) is 0 Å². The number of hydrogen-bond donors (Lipinski definition) is 5. The molecule has 1 unspecified atom stereocenters. The van der Waals surface area contributed by atoms with E-state index in [1.54, 1.807) is 0 Å². The number of ether oxygens (including phenoxy) is 1. The summed E-state index contributed by atoms with van der Waals surface area (Å²) in [6.45, 7) is -0.401. The second kappa shape index (κ2) is 8.84. The van der Waals surface area contributed by atoms with Crippen LogP contribution in [-0.2, 0) is 18.4 Å². The van der Waals surface area contributed by atoms with Gasteiger partial charge < -0.3 is 34.4 Å². The van der Waals surface area contributed by atoms with E-state index in [0.29, 0.717) is 23.2 Å². The van der Waals surface area contributed by atoms with Crippen molar-refractivity contribution in [1.82, 2.24) is 19.6 Å². The molecule has 0 spiro atoms. The third kappa shape index (κ3) is 5.50. The molecular weight excluding hydrogens is 452 g/mol. The Kier molecular flexibility index (Phi) is 6.49. The van der Waals surface area contributed by atoms with E-state index in [1.165, 1.54) is 29.9 Å². The van der Waals surface area contributed by atoms with Crippen molar-refractivity contribution < 1.29 is 38.2 Å². The topological polar surface area (TPSA) is 189 Å². The molecule has 5 N–H and O–H groups in total. The summed E-state index contributed by atoms with van der Waals surface area (Å²) in [6, 6.07) is 0.330. The van der Waals surface area contributed by atoms with E-state index in [1.807, 2.05) is 0 Å². The fourth-order valence-corrected chi connectivity index (χ4v) is 6.58. The molecule has 2 fully saturated rings. The van der Waals surface area contributed by atoms with Crippen molar-refractivity contribution in [3.05, 3.63) is 18.2 Å². The van der Waals surface area contributed by atoms with Crippen molar-refractivity contribution >= 4 is 26.7 Å². The molecule has 172 valence electrons. The number of imidazole rings is 1. The lowest BCUT2D eigenvalue weighted by Crippen LogP contribution is -2.18. The van der Waals surface area contributed by atoms with Crippen molar-refractivity contribution in [1.29, 1.82) is 0 Å². The molecule has 0 amide bonds. The van der Waals surface area contributed by atoms with Crippen LogP contribution in [0.15, 0.2) is 12.5 Å². The van der Waals surface area contributed by atoms with Crippen molar-refractivity contribution in [3.8, 4) is 0 Å². The Balaban J connectivity index is 1.45. The number of rotatable bonds is 8. The predicted molar refractivity (Wildman–Crippen MR) is 108 cm³/mol. The molecule has 0 radical (unpaired) electrons. The van der Waals surface area contributed by atoms with E-state index >= 15 is 0 Å². The van der Waals surface area contributed by atoms with Gasteiger partial charge >= 0.3 is 15.2 Å². The summed E-state index contributed by atoms with van der Waals surface area (Å²) in [4.78, 5) is 36.0. The fraction of sp³-hybridized carbons (Fsp3) is 0.688. The van der Waals surface area contributed by atoms with E-state index < -0.39 is 46.0 Å². The van der Waals surface area contributed by atoms with Gasteiger partial charge in [0.2, 0.25) is 0 Å². The number of anilines is 1. The SMILES string of the molecule is O=P(O)(O)CP(=O)(O)OC[C@@H]1C[C@@H](O)[C@H](c2cnc3c(NC4CCCC4)ncnn23)O1. The zero-order valence-electron chi connectivity index (χ0n) is 16.5. The van der Waals surface area contributed by atoms with E-state index in [0.717, 1.165) is 12.8 Å². The average molecular weight is 477 g/mol. The molecular formula is C16H25N5O8P2. The Bertz CT molecular complexity index is 1020. The van der Waals surface area contributed by atoms with Crippen LogP contribution in [0, 0.1) is 0 Å². The monoisotopic (exact) mass is 477 g/mol. The van der Waals surface area contributed by atoms with Gasteiger partial charge in [0.15, 0.2) is 17.4 Å². The van der Waals surface area contributed by atoms with Crippen LogP contribution in [0.2, 0.25) is 0 Å². The maximum absolute atomic E-state index is 11.8. The first-order valence-corrected chi connectivity index (χ1v) is 13.5. The zero-order valence-corrected chi connectivity index (χ0v) is 18.3. The Morgan fingerprint density at radius 1 is 1.23 bits per heavy atom. The van der Waals surface area contributed by atoms with E-state index in [2.05, 4.69) is 20.4 Å². The Labute approximate surface area is 177 Å². The molecule has 2 aromatic heterocycles. The molecule has 15 heteroatoms. The van der Waals surface area contributed by atoms with E-state index in [4.69, 9.17) is 19.0 Å². The number of fused-ring (bicyclic) bond motifs is 1. The lowest BCUT2D eigenvalue weighted by atomic mass is 10.1. The highest BCUT2D eigenvalue weighted by atomic mass is 31.2. The van der Waals surface area contributed by atoms with Crippen molar-refractivity contribution in [2.45, 2.75) is 56.5 Å². The zero-order chi connectivity index (χ0) is 22.2. The van der Waals surface area contributed by atoms with Crippen LogP contribution in [-0.4, -0.2) is 70.1 Å². The third-order valence-corrected chi connectivity index (χ3v) is 8.79. The molecule has 31 heavy (non-hydrogen) atoms. The summed E-state index contributed by atoms with van der Waals surface area (Å²) in [5.41, 5.74) is 0.991. The third-order valence-electron chi connectivity index (χ3n) is 5.34. The molecule has 0 aromatic carbocycles. The van der Waals surface area contributed by atoms with Gasteiger partial charge in [-0.2, -0.15) is 5.10 Å². The van der Waals surface area contributed by atoms with Gasteiger partial charge in [0.25, 0.3) is 0 Å². The Morgan fingerprint density at radius 2 is 1.97 bits per heavy atom. The molecule has 13 nitrogen and oxygen atoms in total. The smallest absolute Gasteiger partial charge is 0.340 e. The van der Waals surface area contributed by atoms with Gasteiger partial charge in [-0.15, -0.1) is 0 Å². The van der Waals surface area contributed by atoms with Crippen molar-refractivity contribution in [2.24, 2.45) is 0 Å². The second-order valence-electron chi connectivity index (χ2n) is 7.87. The average Bonchev–Trinajstić information content (AvgIpc) is 3.38. The minimum absolute atomic E-state index is 0.103. The highest BCUT2D eigenvalue weighted by Gasteiger charge is 2.39. The summed E-state index contributed by atoms with van der Waals surface area (Å²) < 4.78 is 34.9. The number of aliphatic hydroxyl groups is 1. The van der Waals surface area contributed by atoms with Crippen molar-refractivity contribution in [2.75, 3.05) is 17.8 Å². The normalized spacial score (nSPS) is 27.0. The fourth-order valence-electron chi connectivity index (χ4n) is 3.99. The van der Waals surface area contributed by atoms with Gasteiger partial charge in [-0.3, -0.25) is 9.13 Å². The number of hydrogen-bond acceptors (Lipinski definition) is 9. The largest absolute Gasteiger partial charge is 0.390 e. The molecule has 1 saturated carbocycles. The lowest BCUT2D eigenvalue weighted by molar-refractivity contribution is -0.0110. The molecule has 4 rings (SSSR count). The summed E-state index contributed by atoms with van der Waals surface area (Å²) in [5, 5.41) is 18.1. The first-order chi connectivity index (χ1) is 14.6. The molecule has 2 aliphatic rings. The minimum Gasteiger partial charge on any atom is -0.390 e. The molecule has 2 aromatic rings. The number of nitrogens with one attached hydrogen (secondary N) is 1. The van der Waals surface area contributed by atoms with Gasteiger partial charge in [0.1, 0.15) is 12.4 Å². The first-order valence-electron chi connectivity index (χ1n) is 9.91. The van der Waals surface area contributed by atoms with Crippen LogP contribution in [0.3, 0.4) is 0 Å². The van der Waals surface area contributed by atoms with Crippen LogP contribution in [0.25, 0.3) is 5.65 Å². The number of aliphatic hydroxyl groups excluding tert-OH is 1. The van der Waals surface area contributed by atoms with Gasteiger partial charge in [-0.05, 0) is 12.8 Å². The number of aromatic nitrogens is 4. The molecule has 1 aliphatic heterocycles. The molecule has 1 saturated heterocycles. The Morgan fingerprint density at radius 3 is 2.68 bits per heavy atom. The van der Waals surface area contributed by atoms with Gasteiger partial charge in [-0.25, -0.2) is 14.5 Å². The van der Waals surface area contributed by atoms with E-state index in [-0.39, 0.29) is 6.42 Å². The summed E-state index contributed by atoms with van der Waals surface area (Å²) in [7, 11) is -9.21. The van der Waals surface area contributed by atoms with E-state index in [9.17, 15) is 19.1 Å². The standard InChI is InChI=1S/C16H25N5O8P2/c22-13-5-11(7-28-31(26,27)9-30(23,24)25)29-14(13)12-6-17-16-15(18-8-19-21(12)16)20-10-3-1-2-4-10/h6,8,10-11,13-14,22H,1-5,7,9H2,(H,26,27)(H,18,19,20)(H2,23,24,25)/t11-,13+,14-/m0/s1. The molecule has 1 aliphatic carbocycles. The number of nitrogens with zero attached hydrogens (tertiary/aromatic N) is 4. The van der Waals surface area contributed by atoms with Gasteiger partial charge in [-0.1, -0.05) is 12.8 Å². The quantitative estimate of drug-likeness (QED) is 0.340. The van der Waals surface area contributed by atoms with Crippen LogP contribution in [0.4, 0.5) is 5.82 Å². The highest BCUT2D eigenvalue weighted by molar-refractivity contribution is 7.70. The van der Waals surface area contributed by atoms with Crippen LogP contribution >= 0.6 is 15.2 Å². The summed E-state index contributed by atoms with van der Waals surface area (Å²) in [5.74, 6) is -0.682. The molecule has 3 heterocycles. The molecule has 4 atom stereocenters. The highest BCUT2D eigenvalue weighted by Crippen LogP contribution is 2.55. The Hall–Kier alpha value is -1.43. The molecule has 0 bridgehead atoms. The minimum atomic E-state index is -4.72. The second-order valence-corrected chi connectivity index (χ2v) is 11.9. The van der Waals surface area contributed by atoms with Crippen LogP contribution < -0.4 is 5.32 Å². The van der Waals surface area contributed by atoms with Gasteiger partial charge in [0, 0.05) is 12.5 Å². The summed E-state index contributed by atoms with van der Waals surface area (Å²) in [6.07, 6.45) is 4.98. The lowest BCUT2D eigenvalue weighted by Gasteiger charge is -2.17. The predicted octanol–water partition coefficient (Wildman–Crippen LogP) is 1.01. The first kappa shape index (κ1) is 22.8. The van der Waals surface area contributed by atoms with Crippen LogP contribution in [0.1, 0.15) is 43.9 Å². The maximum Gasteiger partial charge on any atom is 0.340 e. The van der Waals surface area contributed by atoms with Crippen molar-refractivity contribution in [3.63, 3.8) is 0 Å². The van der Waals surface area contributed by atoms with Gasteiger partial charge in [0.05, 0.1) is 30.7 Å². The summed E-state index contributed by atoms with van der Waals surface area (Å²) >= 11 is 0. The maximum atomic E-state index is 11.8.